The van der Waals surface area contributed by atoms with Crippen LogP contribution in [-0.4, -0.2) is 77.6 Å². The summed E-state index contributed by atoms with van der Waals surface area (Å²) in [6, 6.07) is 7.96. The van der Waals surface area contributed by atoms with Crippen LogP contribution in [0, 0.1) is 23.5 Å². The highest BCUT2D eigenvalue weighted by atomic mass is 32.2. The number of nitrogens with one attached hydrogen (secondary N) is 3. The lowest BCUT2D eigenvalue weighted by Crippen LogP contribution is -2.58. The lowest BCUT2D eigenvalue weighted by Gasteiger charge is -2.31. The van der Waals surface area contributed by atoms with Gasteiger partial charge in [-0.25, -0.2) is 22.0 Å². The number of fused-ring (bicyclic) bond motifs is 1. The van der Waals surface area contributed by atoms with Gasteiger partial charge in [0.1, 0.15) is 35.4 Å². The molecule has 0 spiro atoms. The SMILES string of the molecule is C=C[C@@H]1C[C@]1(NC(=O)C1C[C@@H](OC(=O)N2Cc3cccc(F)c3C2)CN1C(=O)[C@@H](Nc1ccc(F)cc1)C(C)C)C(=O)NS(=O)(=O)C1CC1. The molecule has 4 aliphatic rings. The van der Waals surface area contributed by atoms with Crippen molar-refractivity contribution in [1.29, 1.82) is 0 Å². The zero-order valence-corrected chi connectivity index (χ0v) is 28.0. The average molecular weight is 700 g/mol. The minimum Gasteiger partial charge on any atom is -0.444 e. The Labute approximate surface area is 283 Å². The van der Waals surface area contributed by atoms with Crippen LogP contribution in [0.1, 0.15) is 50.7 Å². The number of hydrogen-bond acceptors (Lipinski definition) is 8. The summed E-state index contributed by atoms with van der Waals surface area (Å²) in [4.78, 5) is 57.4. The van der Waals surface area contributed by atoms with E-state index < -0.39 is 80.4 Å². The first-order valence-electron chi connectivity index (χ1n) is 16.3. The molecule has 2 aliphatic carbocycles. The number of carbonyl (C=O) groups is 4. The monoisotopic (exact) mass is 699 g/mol. The Kier molecular flexibility index (Phi) is 9.15. The van der Waals surface area contributed by atoms with E-state index in [1.807, 2.05) is 0 Å². The molecule has 2 aliphatic heterocycles. The number of anilines is 1. The Bertz CT molecular complexity index is 1780. The summed E-state index contributed by atoms with van der Waals surface area (Å²) >= 11 is 0. The molecule has 2 saturated carbocycles. The van der Waals surface area contributed by atoms with Gasteiger partial charge in [0.2, 0.25) is 21.8 Å². The fraction of sp³-hybridized carbons (Fsp3) is 0.471. The van der Waals surface area contributed by atoms with E-state index in [1.54, 1.807) is 26.0 Å². The van der Waals surface area contributed by atoms with Gasteiger partial charge in [0.05, 0.1) is 18.3 Å². The number of hydrogen-bond donors (Lipinski definition) is 3. The smallest absolute Gasteiger partial charge is 0.410 e. The van der Waals surface area contributed by atoms with Gasteiger partial charge < -0.3 is 20.3 Å². The molecule has 1 saturated heterocycles. The van der Waals surface area contributed by atoms with E-state index in [0.717, 1.165) is 0 Å². The van der Waals surface area contributed by atoms with E-state index in [2.05, 4.69) is 21.9 Å². The summed E-state index contributed by atoms with van der Waals surface area (Å²) in [7, 11) is -3.91. The molecule has 3 fully saturated rings. The standard InChI is InChI=1S/C34H39F2N5O7S/c1-4-21-15-34(21,32(44)39-49(46,47)25-12-13-25)38-30(42)28-14-24(48-33(45)40-16-20-6-5-7-27(36)26(20)18-40)17-41(28)31(43)29(19(2)3)37-23-10-8-22(35)9-11-23/h4-11,19,21,24-25,28-29,37H,1,12-18H2,2-3H3,(H,38,42)(H,39,44)/t21-,24-,28?,29+,34-/m1/s1. The van der Waals surface area contributed by atoms with E-state index in [-0.39, 0.29) is 38.4 Å². The first kappa shape index (κ1) is 34.3. The number of nitrogens with zero attached hydrogens (tertiary/aromatic N) is 2. The van der Waals surface area contributed by atoms with Gasteiger partial charge in [-0.3, -0.25) is 24.0 Å². The Morgan fingerprint density at radius 2 is 1.78 bits per heavy atom. The van der Waals surface area contributed by atoms with Gasteiger partial charge in [-0.1, -0.05) is 32.1 Å². The summed E-state index contributed by atoms with van der Waals surface area (Å²) in [5, 5.41) is 5.16. The molecule has 49 heavy (non-hydrogen) atoms. The second-order valence-corrected chi connectivity index (χ2v) is 15.5. The number of benzene rings is 2. The van der Waals surface area contributed by atoms with Gasteiger partial charge in [0.15, 0.2) is 0 Å². The highest BCUT2D eigenvalue weighted by molar-refractivity contribution is 7.91. The van der Waals surface area contributed by atoms with Crippen molar-refractivity contribution < 1.29 is 41.1 Å². The zero-order chi connectivity index (χ0) is 35.2. The molecule has 2 aromatic rings. The minimum absolute atomic E-state index is 0.00146. The second kappa shape index (κ2) is 13.1. The molecular weight excluding hydrogens is 660 g/mol. The Morgan fingerprint density at radius 1 is 1.06 bits per heavy atom. The highest BCUT2D eigenvalue weighted by Crippen LogP contribution is 2.45. The number of halogens is 2. The Morgan fingerprint density at radius 3 is 2.39 bits per heavy atom. The first-order chi connectivity index (χ1) is 23.2. The van der Waals surface area contributed by atoms with Crippen LogP contribution < -0.4 is 15.4 Å². The van der Waals surface area contributed by atoms with E-state index >= 15 is 0 Å². The molecule has 2 heterocycles. The molecule has 2 aromatic carbocycles. The molecule has 0 radical (unpaired) electrons. The van der Waals surface area contributed by atoms with Crippen molar-refractivity contribution in [3.8, 4) is 0 Å². The summed E-state index contributed by atoms with van der Waals surface area (Å²) in [5.41, 5.74) is -0.0752. The van der Waals surface area contributed by atoms with Crippen molar-refractivity contribution in [1.82, 2.24) is 19.8 Å². The lowest BCUT2D eigenvalue weighted by molar-refractivity contribution is -0.140. The molecule has 0 aromatic heterocycles. The van der Waals surface area contributed by atoms with Gasteiger partial charge in [-0.05, 0) is 61.1 Å². The first-order valence-corrected chi connectivity index (χ1v) is 17.8. The Balaban J connectivity index is 1.22. The maximum absolute atomic E-state index is 14.4. The normalized spacial score (nSPS) is 25.0. The molecule has 262 valence electrons. The average Bonchev–Trinajstić information content (AvgIpc) is 3.94. The fourth-order valence-corrected chi connectivity index (χ4v) is 7.90. The van der Waals surface area contributed by atoms with Crippen LogP contribution in [0.25, 0.3) is 0 Å². The quantitative estimate of drug-likeness (QED) is 0.303. The van der Waals surface area contributed by atoms with Crippen LogP contribution in [-0.2, 0) is 42.2 Å². The summed E-state index contributed by atoms with van der Waals surface area (Å²) < 4.78 is 61.0. The molecule has 1 unspecified atom stereocenters. The van der Waals surface area contributed by atoms with E-state index in [1.165, 1.54) is 46.2 Å². The van der Waals surface area contributed by atoms with Gasteiger partial charge in [-0.2, -0.15) is 0 Å². The number of ether oxygens (including phenoxy) is 1. The largest absolute Gasteiger partial charge is 0.444 e. The summed E-state index contributed by atoms with van der Waals surface area (Å²) in [6.45, 7) is 7.29. The molecule has 15 heteroatoms. The van der Waals surface area contributed by atoms with Gasteiger partial charge in [-0.15, -0.1) is 6.58 Å². The summed E-state index contributed by atoms with van der Waals surface area (Å²) in [6.07, 6.45) is 0.657. The zero-order valence-electron chi connectivity index (χ0n) is 27.2. The van der Waals surface area contributed by atoms with Crippen LogP contribution in [0.3, 0.4) is 0 Å². The number of sulfonamides is 1. The highest BCUT2D eigenvalue weighted by Gasteiger charge is 2.62. The molecule has 12 nitrogen and oxygen atoms in total. The molecule has 4 amide bonds. The van der Waals surface area contributed by atoms with Gasteiger partial charge >= 0.3 is 6.09 Å². The van der Waals surface area contributed by atoms with Crippen LogP contribution in [0.15, 0.2) is 55.1 Å². The number of amides is 4. The van der Waals surface area contributed by atoms with Crippen LogP contribution >= 0.6 is 0 Å². The third kappa shape index (κ3) is 6.98. The number of likely N-dealkylation sites (tertiary alicyclic amines) is 1. The number of carbonyl (C=O) groups excluding carboxylic acids is 4. The van der Waals surface area contributed by atoms with Gasteiger partial charge in [0.25, 0.3) is 5.91 Å². The topological polar surface area (TPSA) is 154 Å². The van der Waals surface area contributed by atoms with Crippen molar-refractivity contribution in [3.63, 3.8) is 0 Å². The maximum Gasteiger partial charge on any atom is 0.410 e. The van der Waals surface area contributed by atoms with Crippen molar-refractivity contribution in [2.75, 3.05) is 11.9 Å². The predicted molar refractivity (Wildman–Crippen MR) is 174 cm³/mol. The van der Waals surface area contributed by atoms with Crippen LogP contribution in [0.5, 0.6) is 0 Å². The van der Waals surface area contributed by atoms with E-state index in [4.69, 9.17) is 4.74 Å². The molecule has 3 N–H and O–H groups in total. The molecule has 0 bridgehead atoms. The minimum atomic E-state index is -3.91. The predicted octanol–water partition coefficient (Wildman–Crippen LogP) is 3.19. The summed E-state index contributed by atoms with van der Waals surface area (Å²) in [5.74, 6) is -3.85. The van der Waals surface area contributed by atoms with Crippen LogP contribution in [0.2, 0.25) is 0 Å². The molecule has 5 atom stereocenters. The van der Waals surface area contributed by atoms with E-state index in [0.29, 0.717) is 29.7 Å². The number of rotatable bonds is 11. The van der Waals surface area contributed by atoms with Crippen LogP contribution in [0.4, 0.5) is 19.3 Å². The Hall–Kier alpha value is -4.53. The fourth-order valence-electron chi connectivity index (χ4n) is 6.54. The third-order valence-corrected chi connectivity index (χ3v) is 11.5. The lowest BCUT2D eigenvalue weighted by atomic mass is 10.0. The molecular formula is C34H39F2N5O7S. The third-order valence-electron chi connectivity index (χ3n) is 9.65. The van der Waals surface area contributed by atoms with Gasteiger partial charge in [0, 0.05) is 30.1 Å². The van der Waals surface area contributed by atoms with Crippen molar-refractivity contribution in [2.24, 2.45) is 11.8 Å². The van der Waals surface area contributed by atoms with Crippen molar-refractivity contribution >= 4 is 39.5 Å². The molecule has 6 rings (SSSR count). The maximum atomic E-state index is 14.4. The van der Waals surface area contributed by atoms with E-state index in [9.17, 15) is 36.4 Å². The second-order valence-electron chi connectivity index (χ2n) is 13.5. The van der Waals surface area contributed by atoms with Crippen molar-refractivity contribution in [2.45, 2.75) is 81.6 Å². The van der Waals surface area contributed by atoms with Crippen molar-refractivity contribution in [3.05, 3.63) is 77.9 Å².